The van der Waals surface area contributed by atoms with Crippen molar-refractivity contribution in [3.05, 3.63) is 23.0 Å². The monoisotopic (exact) mass is 154 g/mol. The molecule has 1 aromatic carbocycles. The molecule has 0 bridgehead atoms. The molecule has 4 N–H and O–H groups in total. The van der Waals surface area contributed by atoms with Gasteiger partial charge in [-0.25, -0.2) is 4.39 Å². The van der Waals surface area contributed by atoms with Gasteiger partial charge in [-0.3, -0.25) is 0 Å². The molecule has 0 radical (unpaired) electrons. The predicted molar refractivity (Wildman–Crippen MR) is 44.7 cm³/mol. The van der Waals surface area contributed by atoms with E-state index in [0.717, 1.165) is 5.56 Å². The standard InChI is InChI=1S/C8H11FN2/c1-4-3-6(10)8(11)7(9)5(4)2/h3H,10-11H2,1-2H3. The summed E-state index contributed by atoms with van der Waals surface area (Å²) in [5.74, 6) is -0.400. The Morgan fingerprint density at radius 1 is 1.27 bits per heavy atom. The Balaban J connectivity index is 3.46. The second-order valence-electron chi connectivity index (χ2n) is 2.64. The van der Waals surface area contributed by atoms with Gasteiger partial charge < -0.3 is 11.5 Å². The third-order valence-corrected chi connectivity index (χ3v) is 1.84. The van der Waals surface area contributed by atoms with Crippen LogP contribution in [0.5, 0.6) is 0 Å². The summed E-state index contributed by atoms with van der Waals surface area (Å²) >= 11 is 0. The van der Waals surface area contributed by atoms with Crippen molar-refractivity contribution < 1.29 is 4.39 Å². The molecule has 0 saturated heterocycles. The van der Waals surface area contributed by atoms with Gasteiger partial charge in [-0.1, -0.05) is 0 Å². The van der Waals surface area contributed by atoms with Gasteiger partial charge in [0.2, 0.25) is 0 Å². The molecule has 0 unspecified atom stereocenters. The van der Waals surface area contributed by atoms with Gasteiger partial charge in [0.15, 0.2) is 5.82 Å². The first-order valence-electron chi connectivity index (χ1n) is 3.34. The highest BCUT2D eigenvalue weighted by Gasteiger charge is 2.07. The Morgan fingerprint density at radius 2 is 1.82 bits per heavy atom. The molecular weight excluding hydrogens is 143 g/mol. The topological polar surface area (TPSA) is 52.0 Å². The second-order valence-corrected chi connectivity index (χ2v) is 2.64. The fourth-order valence-electron chi connectivity index (χ4n) is 0.921. The average molecular weight is 154 g/mol. The molecule has 0 amide bonds. The summed E-state index contributed by atoms with van der Waals surface area (Å²) in [5.41, 5.74) is 12.5. The Kier molecular flexibility index (Phi) is 1.72. The van der Waals surface area contributed by atoms with Crippen LogP contribution in [0.1, 0.15) is 11.1 Å². The maximum absolute atomic E-state index is 13.0. The van der Waals surface area contributed by atoms with Crippen LogP contribution >= 0.6 is 0 Å². The zero-order valence-corrected chi connectivity index (χ0v) is 6.61. The van der Waals surface area contributed by atoms with Gasteiger partial charge in [-0.05, 0) is 31.0 Å². The maximum atomic E-state index is 13.0. The van der Waals surface area contributed by atoms with Crippen molar-refractivity contribution in [3.8, 4) is 0 Å². The first kappa shape index (κ1) is 7.85. The molecule has 1 aromatic rings. The molecule has 0 heterocycles. The van der Waals surface area contributed by atoms with Crippen LogP contribution in [-0.2, 0) is 0 Å². The summed E-state index contributed by atoms with van der Waals surface area (Å²) in [6.07, 6.45) is 0. The van der Waals surface area contributed by atoms with Gasteiger partial charge >= 0.3 is 0 Å². The zero-order chi connectivity index (χ0) is 8.59. The lowest BCUT2D eigenvalue weighted by atomic mass is 10.1. The van der Waals surface area contributed by atoms with Crippen LogP contribution in [0.15, 0.2) is 6.07 Å². The molecule has 0 aliphatic carbocycles. The Bertz CT molecular complexity index is 268. The van der Waals surface area contributed by atoms with Crippen LogP contribution < -0.4 is 11.5 Å². The minimum Gasteiger partial charge on any atom is -0.397 e. The lowest BCUT2D eigenvalue weighted by Crippen LogP contribution is -2.01. The van der Waals surface area contributed by atoms with Gasteiger partial charge in [0.05, 0.1) is 11.4 Å². The Labute approximate surface area is 65.0 Å². The van der Waals surface area contributed by atoms with E-state index in [4.69, 9.17) is 11.5 Å². The molecule has 0 aliphatic rings. The van der Waals surface area contributed by atoms with Crippen molar-refractivity contribution in [2.75, 3.05) is 11.5 Å². The molecule has 3 heteroatoms. The normalized spacial score (nSPS) is 10.1. The average Bonchev–Trinajstić information content (AvgIpc) is 1.97. The van der Waals surface area contributed by atoms with Crippen molar-refractivity contribution in [2.45, 2.75) is 13.8 Å². The number of anilines is 2. The number of halogens is 1. The third kappa shape index (κ3) is 1.13. The number of hydrogen-bond donors (Lipinski definition) is 2. The molecule has 0 atom stereocenters. The number of nitrogens with two attached hydrogens (primary N) is 2. The smallest absolute Gasteiger partial charge is 0.151 e. The number of benzene rings is 1. The fraction of sp³-hybridized carbons (Fsp3) is 0.250. The molecule has 2 nitrogen and oxygen atoms in total. The van der Waals surface area contributed by atoms with E-state index in [2.05, 4.69) is 0 Å². The molecule has 0 saturated carbocycles. The van der Waals surface area contributed by atoms with Crippen LogP contribution in [0, 0.1) is 19.7 Å². The highest BCUT2D eigenvalue weighted by atomic mass is 19.1. The van der Waals surface area contributed by atoms with Crippen molar-refractivity contribution in [3.63, 3.8) is 0 Å². The predicted octanol–water partition coefficient (Wildman–Crippen LogP) is 1.61. The van der Waals surface area contributed by atoms with Gasteiger partial charge in [0, 0.05) is 0 Å². The van der Waals surface area contributed by atoms with E-state index in [0.29, 0.717) is 11.3 Å². The largest absolute Gasteiger partial charge is 0.397 e. The van der Waals surface area contributed by atoms with Crippen LogP contribution in [0.25, 0.3) is 0 Å². The van der Waals surface area contributed by atoms with E-state index >= 15 is 0 Å². The minimum atomic E-state index is -0.400. The quantitative estimate of drug-likeness (QED) is 0.558. The number of rotatable bonds is 0. The molecular formula is C8H11FN2. The summed E-state index contributed by atoms with van der Waals surface area (Å²) in [4.78, 5) is 0. The van der Waals surface area contributed by atoms with Crippen molar-refractivity contribution in [2.24, 2.45) is 0 Å². The van der Waals surface area contributed by atoms with E-state index in [1.54, 1.807) is 19.9 Å². The molecule has 0 spiro atoms. The molecule has 11 heavy (non-hydrogen) atoms. The van der Waals surface area contributed by atoms with Crippen molar-refractivity contribution in [1.29, 1.82) is 0 Å². The molecule has 0 aromatic heterocycles. The van der Waals surface area contributed by atoms with E-state index in [1.807, 2.05) is 0 Å². The summed E-state index contributed by atoms with van der Waals surface area (Å²) in [6.45, 7) is 3.48. The lowest BCUT2D eigenvalue weighted by molar-refractivity contribution is 0.622. The molecule has 0 aliphatic heterocycles. The Hall–Kier alpha value is -1.25. The number of nitrogen functional groups attached to an aromatic ring is 2. The van der Waals surface area contributed by atoms with E-state index in [-0.39, 0.29) is 5.69 Å². The first-order valence-corrected chi connectivity index (χ1v) is 3.34. The van der Waals surface area contributed by atoms with Crippen LogP contribution in [0.3, 0.4) is 0 Å². The van der Waals surface area contributed by atoms with Gasteiger partial charge in [0.1, 0.15) is 0 Å². The van der Waals surface area contributed by atoms with Crippen molar-refractivity contribution >= 4 is 11.4 Å². The van der Waals surface area contributed by atoms with Crippen LogP contribution in [0.2, 0.25) is 0 Å². The molecule has 0 fully saturated rings. The number of aryl methyl sites for hydroxylation is 1. The highest BCUT2D eigenvalue weighted by molar-refractivity contribution is 5.66. The zero-order valence-electron chi connectivity index (χ0n) is 6.61. The summed E-state index contributed by atoms with van der Waals surface area (Å²) in [7, 11) is 0. The second kappa shape index (κ2) is 2.42. The van der Waals surface area contributed by atoms with Crippen LogP contribution in [-0.4, -0.2) is 0 Å². The summed E-state index contributed by atoms with van der Waals surface area (Å²) < 4.78 is 13.0. The van der Waals surface area contributed by atoms with E-state index < -0.39 is 5.82 Å². The highest BCUT2D eigenvalue weighted by Crippen LogP contribution is 2.24. The number of hydrogen-bond acceptors (Lipinski definition) is 2. The van der Waals surface area contributed by atoms with Crippen molar-refractivity contribution in [1.82, 2.24) is 0 Å². The molecule has 60 valence electrons. The van der Waals surface area contributed by atoms with E-state index in [1.165, 1.54) is 0 Å². The van der Waals surface area contributed by atoms with Gasteiger partial charge in [-0.15, -0.1) is 0 Å². The summed E-state index contributed by atoms with van der Waals surface area (Å²) in [6, 6.07) is 1.67. The maximum Gasteiger partial charge on any atom is 0.151 e. The lowest BCUT2D eigenvalue weighted by Gasteiger charge is -2.06. The molecule has 1 rings (SSSR count). The van der Waals surface area contributed by atoms with E-state index in [9.17, 15) is 4.39 Å². The first-order chi connectivity index (χ1) is 5.04. The van der Waals surface area contributed by atoms with Gasteiger partial charge in [0.25, 0.3) is 0 Å². The Morgan fingerprint density at radius 3 is 2.36 bits per heavy atom. The summed E-state index contributed by atoms with van der Waals surface area (Å²) in [5, 5.41) is 0. The fourth-order valence-corrected chi connectivity index (χ4v) is 0.921. The van der Waals surface area contributed by atoms with Crippen LogP contribution in [0.4, 0.5) is 15.8 Å². The van der Waals surface area contributed by atoms with Gasteiger partial charge in [-0.2, -0.15) is 0 Å². The minimum absolute atomic E-state index is 0.0492. The SMILES string of the molecule is Cc1cc(N)c(N)c(F)c1C. The third-order valence-electron chi connectivity index (χ3n) is 1.84.